The Hall–Kier alpha value is -1.59. The van der Waals surface area contributed by atoms with E-state index in [0.717, 1.165) is 0 Å². The van der Waals surface area contributed by atoms with E-state index in [0.29, 0.717) is 17.8 Å². The third-order valence-corrected chi connectivity index (χ3v) is 2.12. The number of carbonyl (C=O) groups excluding carboxylic acids is 2. The molecule has 0 aliphatic rings. The summed E-state index contributed by atoms with van der Waals surface area (Å²) in [6.45, 7) is 2.61. The third-order valence-electron chi connectivity index (χ3n) is 2.12. The zero-order chi connectivity index (χ0) is 12.7. The number of halogens is 1. The van der Waals surface area contributed by atoms with Crippen LogP contribution < -0.4 is 16.0 Å². The van der Waals surface area contributed by atoms with Crippen LogP contribution in [-0.4, -0.2) is 32.0 Å². The molecule has 0 heterocycles. The Bertz CT molecular complexity index is 410. The lowest BCUT2D eigenvalue weighted by Crippen LogP contribution is -2.28. The molecule has 0 bridgehead atoms. The fraction of sp³-hybridized carbons (Fsp3) is 0.333. The second-order valence-electron chi connectivity index (χ2n) is 3.48. The molecule has 100 valence electrons. The number of hydrogen-bond acceptors (Lipinski definition) is 3. The maximum absolute atomic E-state index is 11.7. The van der Waals surface area contributed by atoms with Crippen molar-refractivity contribution in [3.05, 3.63) is 29.8 Å². The lowest BCUT2D eigenvalue weighted by Gasteiger charge is -2.10. The Morgan fingerprint density at radius 3 is 2.50 bits per heavy atom. The Kier molecular flexibility index (Phi) is 7.74. The van der Waals surface area contributed by atoms with Gasteiger partial charge in [0.05, 0.1) is 17.8 Å². The van der Waals surface area contributed by atoms with Gasteiger partial charge in [0.15, 0.2) is 0 Å². The van der Waals surface area contributed by atoms with Crippen molar-refractivity contribution in [3.8, 4) is 0 Å². The largest absolute Gasteiger partial charge is 0.352 e. The van der Waals surface area contributed by atoms with Crippen LogP contribution in [-0.2, 0) is 4.79 Å². The molecule has 0 aliphatic carbocycles. The highest BCUT2D eigenvalue weighted by molar-refractivity contribution is 6.04. The number of amides is 2. The van der Waals surface area contributed by atoms with Crippen molar-refractivity contribution in [2.24, 2.45) is 0 Å². The van der Waals surface area contributed by atoms with Gasteiger partial charge in [0.1, 0.15) is 0 Å². The van der Waals surface area contributed by atoms with Crippen LogP contribution in [0.1, 0.15) is 17.3 Å². The van der Waals surface area contributed by atoms with Crippen molar-refractivity contribution >= 4 is 29.9 Å². The molecule has 0 unspecified atom stereocenters. The molecule has 0 fully saturated rings. The zero-order valence-corrected chi connectivity index (χ0v) is 11.3. The second kappa shape index (κ2) is 8.49. The molecular formula is C12H18ClN3O2. The summed E-state index contributed by atoms with van der Waals surface area (Å²) in [5.41, 5.74) is 0.998. The molecule has 1 rings (SSSR count). The van der Waals surface area contributed by atoms with Crippen molar-refractivity contribution in [3.63, 3.8) is 0 Å². The van der Waals surface area contributed by atoms with Gasteiger partial charge in [-0.1, -0.05) is 12.1 Å². The maximum Gasteiger partial charge on any atom is 0.253 e. The predicted octanol–water partition coefficient (Wildman–Crippen LogP) is 1.02. The Morgan fingerprint density at radius 2 is 1.89 bits per heavy atom. The maximum atomic E-state index is 11.7. The smallest absolute Gasteiger partial charge is 0.253 e. The summed E-state index contributed by atoms with van der Waals surface area (Å²) in [5, 5.41) is 8.14. The topological polar surface area (TPSA) is 70.2 Å². The molecule has 0 saturated heterocycles. The summed E-state index contributed by atoms with van der Waals surface area (Å²) < 4.78 is 0. The van der Waals surface area contributed by atoms with Crippen LogP contribution in [0, 0.1) is 0 Å². The molecule has 0 radical (unpaired) electrons. The van der Waals surface area contributed by atoms with Crippen LogP contribution in [0.25, 0.3) is 0 Å². The number of anilines is 1. The van der Waals surface area contributed by atoms with E-state index in [9.17, 15) is 9.59 Å². The molecule has 1 aromatic carbocycles. The quantitative estimate of drug-likeness (QED) is 0.749. The number of likely N-dealkylation sites (N-methyl/N-ethyl adjacent to an activating group) is 1. The predicted molar refractivity (Wildman–Crippen MR) is 74.3 cm³/mol. The number of carbonyl (C=O) groups is 2. The van der Waals surface area contributed by atoms with Crippen LogP contribution in [0.15, 0.2) is 24.3 Å². The van der Waals surface area contributed by atoms with Gasteiger partial charge < -0.3 is 16.0 Å². The second-order valence-corrected chi connectivity index (χ2v) is 3.48. The molecule has 0 aromatic heterocycles. The first-order chi connectivity index (χ1) is 8.19. The van der Waals surface area contributed by atoms with E-state index in [1.165, 1.54) is 0 Å². The van der Waals surface area contributed by atoms with Gasteiger partial charge in [-0.25, -0.2) is 0 Å². The van der Waals surface area contributed by atoms with Crippen LogP contribution in [0.3, 0.4) is 0 Å². The van der Waals surface area contributed by atoms with E-state index < -0.39 is 0 Å². The van der Waals surface area contributed by atoms with Crippen molar-refractivity contribution in [1.82, 2.24) is 10.6 Å². The van der Waals surface area contributed by atoms with Crippen molar-refractivity contribution in [2.75, 3.05) is 25.5 Å². The minimum Gasteiger partial charge on any atom is -0.352 e. The zero-order valence-electron chi connectivity index (χ0n) is 10.4. The Balaban J connectivity index is 0.00000289. The summed E-state index contributed by atoms with van der Waals surface area (Å²) >= 11 is 0. The van der Waals surface area contributed by atoms with Gasteiger partial charge in [0.25, 0.3) is 5.91 Å². The minimum atomic E-state index is -0.187. The van der Waals surface area contributed by atoms with Gasteiger partial charge >= 0.3 is 0 Å². The molecule has 18 heavy (non-hydrogen) atoms. The highest BCUT2D eigenvalue weighted by Crippen LogP contribution is 2.14. The third kappa shape index (κ3) is 4.73. The Labute approximate surface area is 113 Å². The lowest BCUT2D eigenvalue weighted by molar-refractivity contribution is -0.115. The fourth-order valence-electron chi connectivity index (χ4n) is 1.40. The average Bonchev–Trinajstić information content (AvgIpc) is 2.30. The van der Waals surface area contributed by atoms with E-state index >= 15 is 0 Å². The molecule has 0 aliphatic heterocycles. The van der Waals surface area contributed by atoms with Crippen LogP contribution >= 0.6 is 12.4 Å². The van der Waals surface area contributed by atoms with E-state index in [2.05, 4.69) is 16.0 Å². The van der Waals surface area contributed by atoms with Crippen LogP contribution in [0.4, 0.5) is 5.69 Å². The van der Waals surface area contributed by atoms with E-state index in [4.69, 9.17) is 0 Å². The van der Waals surface area contributed by atoms with Gasteiger partial charge in [0.2, 0.25) is 5.91 Å². The van der Waals surface area contributed by atoms with Crippen molar-refractivity contribution in [1.29, 1.82) is 0 Å². The monoisotopic (exact) mass is 271 g/mol. The molecule has 0 spiro atoms. The number of hydrogen-bond donors (Lipinski definition) is 3. The van der Waals surface area contributed by atoms with Gasteiger partial charge in [-0.15, -0.1) is 12.4 Å². The highest BCUT2D eigenvalue weighted by atomic mass is 35.5. The Morgan fingerprint density at radius 1 is 1.22 bits per heavy atom. The number of para-hydroxylation sites is 1. The molecule has 1 aromatic rings. The molecular weight excluding hydrogens is 254 g/mol. The molecule has 2 amide bonds. The molecule has 5 nitrogen and oxygen atoms in total. The van der Waals surface area contributed by atoms with Gasteiger partial charge in [0, 0.05) is 6.54 Å². The van der Waals surface area contributed by atoms with Crippen molar-refractivity contribution < 1.29 is 9.59 Å². The van der Waals surface area contributed by atoms with Gasteiger partial charge in [-0.3, -0.25) is 9.59 Å². The summed E-state index contributed by atoms with van der Waals surface area (Å²) in [5.74, 6) is -0.364. The van der Waals surface area contributed by atoms with Gasteiger partial charge in [-0.2, -0.15) is 0 Å². The molecule has 0 atom stereocenters. The first-order valence-corrected chi connectivity index (χ1v) is 5.50. The van der Waals surface area contributed by atoms with E-state index in [1.807, 2.05) is 6.92 Å². The first kappa shape index (κ1) is 16.4. The first-order valence-electron chi connectivity index (χ1n) is 5.50. The standard InChI is InChI=1S/C12H17N3O2.ClH/c1-3-14-12(17)9-6-4-5-7-10(9)15-11(16)8-13-2;/h4-7,13H,3,8H2,1-2H3,(H,14,17)(H,15,16);1H. The summed E-state index contributed by atoms with van der Waals surface area (Å²) in [4.78, 5) is 23.2. The van der Waals surface area contributed by atoms with Crippen molar-refractivity contribution in [2.45, 2.75) is 6.92 Å². The summed E-state index contributed by atoms with van der Waals surface area (Å²) in [7, 11) is 1.69. The summed E-state index contributed by atoms with van der Waals surface area (Å²) in [6.07, 6.45) is 0. The summed E-state index contributed by atoms with van der Waals surface area (Å²) in [6, 6.07) is 6.92. The van der Waals surface area contributed by atoms with Crippen LogP contribution in [0.5, 0.6) is 0 Å². The lowest BCUT2D eigenvalue weighted by atomic mass is 10.1. The molecule has 6 heteroatoms. The van der Waals surface area contributed by atoms with Crippen LogP contribution in [0.2, 0.25) is 0 Å². The molecule has 3 N–H and O–H groups in total. The average molecular weight is 272 g/mol. The number of benzene rings is 1. The SMILES string of the molecule is CCNC(=O)c1ccccc1NC(=O)CNC.Cl. The number of nitrogens with one attached hydrogen (secondary N) is 3. The molecule has 0 saturated carbocycles. The van der Waals surface area contributed by atoms with E-state index in [-0.39, 0.29) is 30.8 Å². The normalized spacial score (nSPS) is 9.22. The minimum absolute atomic E-state index is 0. The highest BCUT2D eigenvalue weighted by Gasteiger charge is 2.11. The fourth-order valence-corrected chi connectivity index (χ4v) is 1.40. The number of rotatable bonds is 5. The van der Waals surface area contributed by atoms with Gasteiger partial charge in [-0.05, 0) is 26.1 Å². The van der Waals surface area contributed by atoms with E-state index in [1.54, 1.807) is 31.3 Å².